The third-order valence-electron chi connectivity index (χ3n) is 2.78. The number of ether oxygens (including phenoxy) is 1. The molecule has 0 atom stereocenters. The van der Waals surface area contributed by atoms with Gasteiger partial charge >= 0.3 is 0 Å². The van der Waals surface area contributed by atoms with Crippen LogP contribution in [0.1, 0.15) is 5.56 Å². The highest BCUT2D eigenvalue weighted by atomic mass is 79.9. The first kappa shape index (κ1) is 16.0. The molecule has 0 aromatic heterocycles. The number of anilines is 1. The number of nitrogens with one attached hydrogen (secondary N) is 1. The lowest BCUT2D eigenvalue weighted by Crippen LogP contribution is -2.03. The van der Waals surface area contributed by atoms with Crippen molar-refractivity contribution in [3.05, 3.63) is 50.4 Å². The number of methoxy groups -OCH3 is 1. The normalized spacial score (nSPS) is 10.5. The molecule has 0 fully saturated rings. The van der Waals surface area contributed by atoms with E-state index in [1.54, 1.807) is 12.1 Å². The van der Waals surface area contributed by atoms with Crippen LogP contribution in [-0.2, 0) is 6.54 Å². The Hall–Kier alpha value is -1.34. The minimum Gasteiger partial charge on any atom is -0.503 e. The predicted octanol–water partition coefficient (Wildman–Crippen LogP) is 4.82. The summed E-state index contributed by atoms with van der Waals surface area (Å²) in [6, 6.07) is 5.29. The van der Waals surface area contributed by atoms with Gasteiger partial charge in [0, 0.05) is 17.1 Å². The Morgan fingerprint density at radius 2 is 1.86 bits per heavy atom. The quantitative estimate of drug-likeness (QED) is 0.742. The summed E-state index contributed by atoms with van der Waals surface area (Å²) in [4.78, 5) is 0. The molecular formula is C14H11Br2F2NO2. The minimum absolute atomic E-state index is 0.00427. The van der Waals surface area contributed by atoms with Crippen molar-refractivity contribution in [2.24, 2.45) is 0 Å². The Morgan fingerprint density at radius 3 is 2.48 bits per heavy atom. The van der Waals surface area contributed by atoms with Crippen LogP contribution in [0.15, 0.2) is 33.2 Å². The Balaban J connectivity index is 2.23. The van der Waals surface area contributed by atoms with Crippen molar-refractivity contribution in [2.75, 3.05) is 12.4 Å². The molecule has 0 spiro atoms. The topological polar surface area (TPSA) is 41.5 Å². The van der Waals surface area contributed by atoms with Gasteiger partial charge in [0.1, 0.15) is 11.6 Å². The van der Waals surface area contributed by atoms with Crippen LogP contribution in [0.2, 0.25) is 0 Å². The number of benzene rings is 2. The van der Waals surface area contributed by atoms with E-state index in [2.05, 4.69) is 37.2 Å². The monoisotopic (exact) mass is 421 g/mol. The number of phenolic OH excluding ortho intramolecular Hbond substituents is 1. The van der Waals surface area contributed by atoms with Gasteiger partial charge in [0.25, 0.3) is 0 Å². The van der Waals surface area contributed by atoms with Gasteiger partial charge in [0.15, 0.2) is 11.5 Å². The average Bonchev–Trinajstić information content (AvgIpc) is 2.41. The van der Waals surface area contributed by atoms with Crippen molar-refractivity contribution in [3.8, 4) is 11.5 Å². The van der Waals surface area contributed by atoms with Crippen molar-refractivity contribution >= 4 is 37.5 Å². The molecule has 112 valence electrons. The molecule has 2 N–H and O–H groups in total. The summed E-state index contributed by atoms with van der Waals surface area (Å²) in [7, 11) is 1.44. The first-order valence-corrected chi connectivity index (χ1v) is 7.44. The van der Waals surface area contributed by atoms with Crippen LogP contribution in [0.3, 0.4) is 0 Å². The van der Waals surface area contributed by atoms with Gasteiger partial charge in [-0.05, 0) is 55.6 Å². The van der Waals surface area contributed by atoms with E-state index < -0.39 is 11.6 Å². The van der Waals surface area contributed by atoms with Gasteiger partial charge in [0.2, 0.25) is 0 Å². The van der Waals surface area contributed by atoms with Crippen molar-refractivity contribution in [1.82, 2.24) is 0 Å². The van der Waals surface area contributed by atoms with Crippen LogP contribution in [0.25, 0.3) is 0 Å². The summed E-state index contributed by atoms with van der Waals surface area (Å²) in [5.74, 6) is -1.04. The molecule has 0 aliphatic carbocycles. The summed E-state index contributed by atoms with van der Waals surface area (Å²) in [5.41, 5.74) is 0.923. The highest BCUT2D eigenvalue weighted by molar-refractivity contribution is 9.11. The molecule has 21 heavy (non-hydrogen) atoms. The number of hydrogen-bond acceptors (Lipinski definition) is 3. The minimum atomic E-state index is -0.688. The molecule has 0 aliphatic heterocycles. The SMILES string of the molecule is COc1cc(CNc2c(F)cc(F)cc2Br)cc(Br)c1O. The van der Waals surface area contributed by atoms with Crippen molar-refractivity contribution in [1.29, 1.82) is 0 Å². The molecule has 0 radical (unpaired) electrons. The zero-order valence-electron chi connectivity index (χ0n) is 10.9. The van der Waals surface area contributed by atoms with Crippen LogP contribution in [-0.4, -0.2) is 12.2 Å². The second-order valence-electron chi connectivity index (χ2n) is 4.23. The van der Waals surface area contributed by atoms with Gasteiger partial charge in [-0.25, -0.2) is 8.78 Å². The van der Waals surface area contributed by atoms with Gasteiger partial charge in [0.05, 0.1) is 17.3 Å². The fourth-order valence-corrected chi connectivity index (χ4v) is 2.82. The van der Waals surface area contributed by atoms with E-state index >= 15 is 0 Å². The van der Waals surface area contributed by atoms with Gasteiger partial charge in [-0.2, -0.15) is 0 Å². The molecular weight excluding hydrogens is 412 g/mol. The van der Waals surface area contributed by atoms with Gasteiger partial charge in [-0.15, -0.1) is 0 Å². The summed E-state index contributed by atoms with van der Waals surface area (Å²) < 4.78 is 32.5. The van der Waals surface area contributed by atoms with E-state index in [0.29, 0.717) is 14.7 Å². The third kappa shape index (κ3) is 3.65. The number of phenols is 1. The molecule has 0 saturated carbocycles. The number of rotatable bonds is 4. The zero-order chi connectivity index (χ0) is 15.6. The summed E-state index contributed by atoms with van der Waals surface area (Å²) >= 11 is 6.32. The molecule has 0 unspecified atom stereocenters. The Morgan fingerprint density at radius 1 is 1.14 bits per heavy atom. The lowest BCUT2D eigenvalue weighted by Gasteiger charge is -2.12. The van der Waals surface area contributed by atoms with Gasteiger partial charge < -0.3 is 15.2 Å². The largest absolute Gasteiger partial charge is 0.503 e. The summed E-state index contributed by atoms with van der Waals surface area (Å²) in [5, 5.41) is 12.6. The highest BCUT2D eigenvalue weighted by Gasteiger charge is 2.12. The summed E-state index contributed by atoms with van der Waals surface area (Å²) in [6.45, 7) is 0.274. The van der Waals surface area contributed by atoms with E-state index in [4.69, 9.17) is 4.74 Å². The second kappa shape index (κ2) is 6.62. The van der Waals surface area contributed by atoms with Crippen molar-refractivity contribution in [3.63, 3.8) is 0 Å². The van der Waals surface area contributed by atoms with E-state index in [0.717, 1.165) is 11.6 Å². The standard InChI is InChI=1S/C14H11Br2F2NO2/c1-21-12-3-7(2-10(16)14(12)20)6-19-13-9(15)4-8(17)5-11(13)18/h2-5,19-20H,6H2,1H3. The van der Waals surface area contributed by atoms with Crippen LogP contribution in [0.4, 0.5) is 14.5 Å². The molecule has 0 heterocycles. The van der Waals surface area contributed by atoms with Crippen LogP contribution >= 0.6 is 31.9 Å². The lowest BCUT2D eigenvalue weighted by molar-refractivity contribution is 0.371. The molecule has 7 heteroatoms. The molecule has 2 aromatic carbocycles. The Labute approximate surface area is 137 Å². The average molecular weight is 423 g/mol. The van der Waals surface area contributed by atoms with Gasteiger partial charge in [-0.1, -0.05) is 0 Å². The van der Waals surface area contributed by atoms with Crippen molar-refractivity contribution < 1.29 is 18.6 Å². The third-order valence-corrected chi connectivity index (χ3v) is 4.01. The lowest BCUT2D eigenvalue weighted by atomic mass is 10.2. The maximum Gasteiger partial charge on any atom is 0.172 e. The fraction of sp³-hybridized carbons (Fsp3) is 0.143. The van der Waals surface area contributed by atoms with Crippen LogP contribution < -0.4 is 10.1 Å². The van der Waals surface area contributed by atoms with Gasteiger partial charge in [-0.3, -0.25) is 0 Å². The summed E-state index contributed by atoms with van der Waals surface area (Å²) in [6.07, 6.45) is 0. The number of halogens is 4. The van der Waals surface area contributed by atoms with E-state index in [-0.39, 0.29) is 18.0 Å². The van der Waals surface area contributed by atoms with Crippen LogP contribution in [0.5, 0.6) is 11.5 Å². The maximum absolute atomic E-state index is 13.7. The van der Waals surface area contributed by atoms with Crippen molar-refractivity contribution in [2.45, 2.75) is 6.54 Å². The first-order chi connectivity index (χ1) is 9.92. The molecule has 3 nitrogen and oxygen atoms in total. The Bertz CT molecular complexity index is 657. The highest BCUT2D eigenvalue weighted by Crippen LogP contribution is 2.35. The van der Waals surface area contributed by atoms with Crippen LogP contribution in [0, 0.1) is 11.6 Å². The fourth-order valence-electron chi connectivity index (χ4n) is 1.79. The second-order valence-corrected chi connectivity index (χ2v) is 5.94. The molecule has 2 aromatic rings. The zero-order valence-corrected chi connectivity index (χ0v) is 14.1. The van der Waals surface area contributed by atoms with E-state index in [1.165, 1.54) is 13.2 Å². The Kier molecular flexibility index (Phi) is 5.05. The molecule has 0 saturated heterocycles. The molecule has 0 amide bonds. The maximum atomic E-state index is 13.7. The molecule has 0 bridgehead atoms. The number of aromatic hydroxyl groups is 1. The number of hydrogen-bond donors (Lipinski definition) is 2. The van der Waals surface area contributed by atoms with E-state index in [1.807, 2.05) is 0 Å². The molecule has 2 rings (SSSR count). The molecule has 0 aliphatic rings. The predicted molar refractivity (Wildman–Crippen MR) is 83.7 cm³/mol. The van der Waals surface area contributed by atoms with E-state index in [9.17, 15) is 13.9 Å². The smallest absolute Gasteiger partial charge is 0.172 e. The first-order valence-electron chi connectivity index (χ1n) is 5.86.